The Morgan fingerprint density at radius 3 is 2.76 bits per heavy atom. The molecular formula is C12H16N4O. The molecule has 2 aromatic rings. The Morgan fingerprint density at radius 1 is 1.41 bits per heavy atom. The third-order valence-electron chi connectivity index (χ3n) is 2.54. The quantitative estimate of drug-likeness (QED) is 0.874. The van der Waals surface area contributed by atoms with E-state index in [4.69, 9.17) is 10.5 Å². The molecule has 0 spiro atoms. The molecule has 0 saturated heterocycles. The summed E-state index contributed by atoms with van der Waals surface area (Å²) in [5, 5.41) is 4.05. The van der Waals surface area contributed by atoms with Gasteiger partial charge >= 0.3 is 0 Å². The lowest BCUT2D eigenvalue weighted by Gasteiger charge is -2.10. The fraction of sp³-hybridized carbons (Fsp3) is 0.333. The number of aryl methyl sites for hydroxylation is 3. The normalized spacial score (nSPS) is 10.6. The summed E-state index contributed by atoms with van der Waals surface area (Å²) in [7, 11) is 1.84. The first-order chi connectivity index (χ1) is 8.10. The van der Waals surface area contributed by atoms with E-state index in [1.807, 2.05) is 27.0 Å². The van der Waals surface area contributed by atoms with Gasteiger partial charge in [-0.3, -0.25) is 4.68 Å². The molecule has 5 heteroatoms. The first-order valence-electron chi connectivity index (χ1n) is 5.44. The molecule has 0 fully saturated rings. The minimum Gasteiger partial charge on any atom is -0.435 e. The van der Waals surface area contributed by atoms with Gasteiger partial charge in [0.15, 0.2) is 5.75 Å². The van der Waals surface area contributed by atoms with E-state index in [-0.39, 0.29) is 0 Å². The molecule has 17 heavy (non-hydrogen) atoms. The van der Waals surface area contributed by atoms with E-state index >= 15 is 0 Å². The van der Waals surface area contributed by atoms with Gasteiger partial charge in [-0.1, -0.05) is 0 Å². The zero-order valence-corrected chi connectivity index (χ0v) is 10.3. The lowest BCUT2D eigenvalue weighted by atomic mass is 10.1. The summed E-state index contributed by atoms with van der Waals surface area (Å²) in [6.07, 6.45) is 3.44. The van der Waals surface area contributed by atoms with E-state index in [1.165, 1.54) is 0 Å². The highest BCUT2D eigenvalue weighted by molar-refractivity contribution is 5.37. The Hall–Kier alpha value is -1.88. The Morgan fingerprint density at radius 2 is 2.18 bits per heavy atom. The van der Waals surface area contributed by atoms with Crippen LogP contribution in [0.3, 0.4) is 0 Å². The highest BCUT2D eigenvalue weighted by atomic mass is 16.5. The second-order valence-electron chi connectivity index (χ2n) is 4.02. The Balaban J connectivity index is 2.37. The number of nitrogens with zero attached hydrogens (tertiary/aromatic N) is 3. The maximum atomic E-state index is 5.72. The molecule has 2 heterocycles. The van der Waals surface area contributed by atoms with Crippen molar-refractivity contribution in [2.24, 2.45) is 12.8 Å². The first kappa shape index (κ1) is 11.6. The Bertz CT molecular complexity index is 533. The maximum absolute atomic E-state index is 5.72. The summed E-state index contributed by atoms with van der Waals surface area (Å²) in [4.78, 5) is 4.37. The summed E-state index contributed by atoms with van der Waals surface area (Å²) in [6, 6.07) is 2.00. The summed E-state index contributed by atoms with van der Waals surface area (Å²) in [6.45, 7) is 4.35. The van der Waals surface area contributed by atoms with Crippen LogP contribution in [0.25, 0.3) is 0 Å². The number of hydrogen-bond acceptors (Lipinski definition) is 4. The molecule has 0 saturated carbocycles. The van der Waals surface area contributed by atoms with Crippen LogP contribution in [0.15, 0.2) is 18.5 Å². The van der Waals surface area contributed by atoms with Crippen molar-refractivity contribution < 1.29 is 4.74 Å². The van der Waals surface area contributed by atoms with Gasteiger partial charge in [0.25, 0.3) is 0 Å². The molecule has 0 aliphatic rings. The topological polar surface area (TPSA) is 66.0 Å². The van der Waals surface area contributed by atoms with Crippen LogP contribution in [-0.2, 0) is 13.6 Å². The monoisotopic (exact) mass is 232 g/mol. The van der Waals surface area contributed by atoms with Gasteiger partial charge < -0.3 is 10.5 Å². The summed E-state index contributed by atoms with van der Waals surface area (Å²) in [5.74, 6) is 1.23. The largest absolute Gasteiger partial charge is 0.435 e. The second kappa shape index (κ2) is 4.55. The molecule has 0 aromatic carbocycles. The number of hydrogen-bond donors (Lipinski definition) is 1. The van der Waals surface area contributed by atoms with E-state index in [0.29, 0.717) is 18.2 Å². The summed E-state index contributed by atoms with van der Waals surface area (Å²) >= 11 is 0. The highest BCUT2D eigenvalue weighted by Crippen LogP contribution is 2.25. The highest BCUT2D eigenvalue weighted by Gasteiger charge is 2.10. The van der Waals surface area contributed by atoms with E-state index in [1.54, 1.807) is 17.1 Å². The summed E-state index contributed by atoms with van der Waals surface area (Å²) in [5.41, 5.74) is 8.66. The average molecular weight is 232 g/mol. The smallest absolute Gasteiger partial charge is 0.224 e. The van der Waals surface area contributed by atoms with Crippen molar-refractivity contribution in [3.05, 3.63) is 35.3 Å². The van der Waals surface area contributed by atoms with Crippen molar-refractivity contribution in [1.82, 2.24) is 14.8 Å². The third kappa shape index (κ3) is 2.45. The van der Waals surface area contributed by atoms with Crippen LogP contribution < -0.4 is 10.5 Å². The average Bonchev–Trinajstić information content (AvgIpc) is 2.63. The van der Waals surface area contributed by atoms with Gasteiger partial charge in [0.1, 0.15) is 0 Å². The minimum atomic E-state index is 0.411. The van der Waals surface area contributed by atoms with Crippen LogP contribution in [0.4, 0.5) is 0 Å². The van der Waals surface area contributed by atoms with Crippen molar-refractivity contribution in [2.75, 3.05) is 0 Å². The molecule has 5 nitrogen and oxygen atoms in total. The van der Waals surface area contributed by atoms with Gasteiger partial charge in [-0.2, -0.15) is 5.10 Å². The first-order valence-corrected chi connectivity index (χ1v) is 5.44. The third-order valence-corrected chi connectivity index (χ3v) is 2.54. The van der Waals surface area contributed by atoms with Crippen LogP contribution in [0, 0.1) is 13.8 Å². The molecule has 2 aromatic heterocycles. The number of nitrogens with two attached hydrogens (primary N) is 1. The van der Waals surface area contributed by atoms with Gasteiger partial charge in [0.05, 0.1) is 12.4 Å². The summed E-state index contributed by atoms with van der Waals surface area (Å²) < 4.78 is 7.39. The van der Waals surface area contributed by atoms with Crippen LogP contribution in [0.2, 0.25) is 0 Å². The van der Waals surface area contributed by atoms with E-state index in [0.717, 1.165) is 16.8 Å². The molecule has 0 radical (unpaired) electrons. The standard InChI is InChI=1S/C12H16N4O/c1-8-4-9(2)15-12(11(8)5-13)17-10-6-14-16(3)7-10/h4,6-7H,5,13H2,1-3H3. The van der Waals surface area contributed by atoms with Crippen molar-refractivity contribution >= 4 is 0 Å². The fourth-order valence-corrected chi connectivity index (χ4v) is 1.72. The minimum absolute atomic E-state index is 0.411. The van der Waals surface area contributed by atoms with Gasteiger partial charge in [0.2, 0.25) is 5.88 Å². The van der Waals surface area contributed by atoms with Gasteiger partial charge in [0, 0.05) is 24.8 Å². The molecule has 0 amide bonds. The van der Waals surface area contributed by atoms with Gasteiger partial charge in [-0.05, 0) is 25.5 Å². The molecule has 2 rings (SSSR count). The molecule has 0 unspecified atom stereocenters. The molecule has 0 atom stereocenters. The van der Waals surface area contributed by atoms with Crippen LogP contribution >= 0.6 is 0 Å². The number of aromatic nitrogens is 3. The second-order valence-corrected chi connectivity index (χ2v) is 4.02. The SMILES string of the molecule is Cc1cc(C)c(CN)c(Oc2cnn(C)c2)n1. The predicted molar refractivity (Wildman–Crippen MR) is 64.9 cm³/mol. The number of rotatable bonds is 3. The molecule has 90 valence electrons. The Labute approximate surface area is 100 Å². The Kier molecular flexibility index (Phi) is 3.10. The maximum Gasteiger partial charge on any atom is 0.224 e. The lowest BCUT2D eigenvalue weighted by molar-refractivity contribution is 0.454. The van der Waals surface area contributed by atoms with E-state index in [2.05, 4.69) is 10.1 Å². The van der Waals surface area contributed by atoms with Crippen LogP contribution in [-0.4, -0.2) is 14.8 Å². The van der Waals surface area contributed by atoms with Crippen molar-refractivity contribution in [2.45, 2.75) is 20.4 Å². The lowest BCUT2D eigenvalue weighted by Crippen LogP contribution is -2.04. The molecule has 2 N–H and O–H groups in total. The van der Waals surface area contributed by atoms with E-state index < -0.39 is 0 Å². The molecule has 0 bridgehead atoms. The molecule has 0 aliphatic carbocycles. The zero-order valence-electron chi connectivity index (χ0n) is 10.3. The van der Waals surface area contributed by atoms with Crippen molar-refractivity contribution in [3.8, 4) is 11.6 Å². The van der Waals surface area contributed by atoms with Crippen molar-refractivity contribution in [1.29, 1.82) is 0 Å². The van der Waals surface area contributed by atoms with Gasteiger partial charge in [-0.15, -0.1) is 0 Å². The molecule has 0 aliphatic heterocycles. The number of ether oxygens (including phenoxy) is 1. The van der Waals surface area contributed by atoms with Gasteiger partial charge in [-0.25, -0.2) is 4.98 Å². The number of pyridine rings is 1. The fourth-order valence-electron chi connectivity index (χ4n) is 1.72. The predicted octanol–water partition coefficient (Wildman–Crippen LogP) is 1.68. The van der Waals surface area contributed by atoms with Crippen LogP contribution in [0.1, 0.15) is 16.8 Å². The van der Waals surface area contributed by atoms with E-state index in [9.17, 15) is 0 Å². The zero-order chi connectivity index (χ0) is 12.4. The van der Waals surface area contributed by atoms with Crippen molar-refractivity contribution in [3.63, 3.8) is 0 Å². The molecular weight excluding hydrogens is 216 g/mol. The van der Waals surface area contributed by atoms with Crippen LogP contribution in [0.5, 0.6) is 11.6 Å².